The zero-order chi connectivity index (χ0) is 26.5. The van der Waals surface area contributed by atoms with Crippen LogP contribution in [0.2, 0.25) is 0 Å². The van der Waals surface area contributed by atoms with Crippen molar-refractivity contribution in [2.75, 3.05) is 32.7 Å². The number of nitrogens with two attached hydrogens (primary N) is 1. The maximum atomic E-state index is 5.71. The molecule has 0 bridgehead atoms. The van der Waals surface area contributed by atoms with Gasteiger partial charge < -0.3 is 16.0 Å². The Bertz CT molecular complexity index is 848. The molecule has 0 aliphatic carbocycles. The van der Waals surface area contributed by atoms with Crippen LogP contribution in [0.25, 0.3) is 0 Å². The first kappa shape index (κ1) is 29.9. The summed E-state index contributed by atoms with van der Waals surface area (Å²) in [6, 6.07) is 19.2. The van der Waals surface area contributed by atoms with Crippen molar-refractivity contribution in [3.05, 3.63) is 70.8 Å². The molecule has 1 aliphatic rings. The molecule has 0 radical (unpaired) electrons. The predicted molar refractivity (Wildman–Crippen MR) is 161 cm³/mol. The average Bonchev–Trinajstić information content (AvgIpc) is 2.92. The molecular formula is C34H55N3. The number of rotatable bonds is 16. The average molecular weight is 506 g/mol. The third kappa shape index (κ3) is 10.5. The summed E-state index contributed by atoms with van der Waals surface area (Å²) >= 11 is 0. The molecule has 1 unspecified atom stereocenters. The Morgan fingerprint density at radius 3 is 1.92 bits per heavy atom. The Morgan fingerprint density at radius 1 is 0.757 bits per heavy atom. The van der Waals surface area contributed by atoms with Crippen LogP contribution < -0.4 is 11.1 Å². The highest BCUT2D eigenvalue weighted by Gasteiger charge is 2.20. The summed E-state index contributed by atoms with van der Waals surface area (Å²) in [6.45, 7) is 14.7. The van der Waals surface area contributed by atoms with Crippen molar-refractivity contribution < 1.29 is 0 Å². The number of likely N-dealkylation sites (tertiary alicyclic amines) is 1. The smallest absolute Gasteiger partial charge is 0.0320 e. The van der Waals surface area contributed by atoms with Crippen molar-refractivity contribution in [2.24, 2.45) is 11.7 Å². The fourth-order valence-corrected chi connectivity index (χ4v) is 5.64. The number of hydrogen-bond acceptors (Lipinski definition) is 3. The van der Waals surface area contributed by atoms with E-state index in [1.165, 1.54) is 93.3 Å². The van der Waals surface area contributed by atoms with Gasteiger partial charge in [-0.2, -0.15) is 0 Å². The summed E-state index contributed by atoms with van der Waals surface area (Å²) in [5.41, 5.74) is 11.5. The Kier molecular flexibility index (Phi) is 13.2. The van der Waals surface area contributed by atoms with Crippen molar-refractivity contribution in [3.63, 3.8) is 0 Å². The summed E-state index contributed by atoms with van der Waals surface area (Å²) in [5.74, 6) is 2.01. The molecule has 1 atom stereocenters. The molecule has 3 heteroatoms. The zero-order valence-corrected chi connectivity index (χ0v) is 24.4. The molecule has 1 heterocycles. The quantitative estimate of drug-likeness (QED) is 0.229. The van der Waals surface area contributed by atoms with E-state index < -0.39 is 0 Å². The fraction of sp³-hybridized carbons (Fsp3) is 0.647. The largest absolute Gasteiger partial charge is 0.330 e. The third-order valence-electron chi connectivity index (χ3n) is 8.40. The molecule has 1 aliphatic heterocycles. The summed E-state index contributed by atoms with van der Waals surface area (Å²) in [6.07, 6.45) is 11.4. The fourth-order valence-electron chi connectivity index (χ4n) is 5.64. The lowest BCUT2D eigenvalue weighted by Gasteiger charge is -2.33. The van der Waals surface area contributed by atoms with Crippen molar-refractivity contribution in [1.82, 2.24) is 10.2 Å². The van der Waals surface area contributed by atoms with Crippen LogP contribution in [0.4, 0.5) is 0 Å². The summed E-state index contributed by atoms with van der Waals surface area (Å²) in [5, 5.41) is 4.01. The highest BCUT2D eigenvalue weighted by molar-refractivity contribution is 5.27. The Morgan fingerprint density at radius 2 is 1.32 bits per heavy atom. The Labute approximate surface area is 228 Å². The van der Waals surface area contributed by atoms with Crippen LogP contribution in [0.3, 0.4) is 0 Å². The first-order valence-corrected chi connectivity index (χ1v) is 15.3. The summed E-state index contributed by atoms with van der Waals surface area (Å²) in [4.78, 5) is 2.60. The van der Waals surface area contributed by atoms with E-state index in [-0.39, 0.29) is 0 Å². The van der Waals surface area contributed by atoms with Crippen molar-refractivity contribution in [1.29, 1.82) is 0 Å². The number of benzene rings is 2. The van der Waals surface area contributed by atoms with Gasteiger partial charge in [-0.3, -0.25) is 0 Å². The minimum absolute atomic E-state index is 0.472. The number of nitrogens with one attached hydrogen (secondary N) is 1. The van der Waals surface area contributed by atoms with Crippen LogP contribution in [0.15, 0.2) is 48.5 Å². The van der Waals surface area contributed by atoms with E-state index in [9.17, 15) is 0 Å². The maximum Gasteiger partial charge on any atom is 0.0320 e. The lowest BCUT2D eigenvalue weighted by Crippen LogP contribution is -2.38. The lowest BCUT2D eigenvalue weighted by atomic mass is 9.93. The van der Waals surface area contributed by atoms with Gasteiger partial charge >= 0.3 is 0 Å². The van der Waals surface area contributed by atoms with E-state index in [4.69, 9.17) is 5.73 Å². The minimum Gasteiger partial charge on any atom is -0.330 e. The standard InChI is InChI=1S/C34H55N3/c1-27(2)31-14-12-29(13-15-31)10-7-5-6-8-11-34(33-18-16-32(17-19-33)28(3)4)36-26-30-20-24-37(25-21-30)23-9-22-35/h12-19,27-28,30,34,36H,5-11,20-26,35H2,1-4H3. The van der Waals surface area contributed by atoms with E-state index in [2.05, 4.69) is 86.4 Å². The molecule has 37 heavy (non-hydrogen) atoms. The molecule has 0 saturated carbocycles. The highest BCUT2D eigenvalue weighted by atomic mass is 15.1. The van der Waals surface area contributed by atoms with Crippen LogP contribution >= 0.6 is 0 Å². The van der Waals surface area contributed by atoms with Gasteiger partial charge in [-0.05, 0) is 111 Å². The van der Waals surface area contributed by atoms with Crippen molar-refractivity contribution in [3.8, 4) is 0 Å². The molecule has 0 aromatic heterocycles. The molecule has 0 amide bonds. The second-order valence-corrected chi connectivity index (χ2v) is 12.1. The van der Waals surface area contributed by atoms with E-state index in [0.717, 1.165) is 25.4 Å². The van der Waals surface area contributed by atoms with Crippen LogP contribution in [-0.4, -0.2) is 37.6 Å². The van der Waals surface area contributed by atoms with Crippen LogP contribution in [0.1, 0.15) is 119 Å². The Hall–Kier alpha value is -1.68. The maximum absolute atomic E-state index is 5.71. The number of aryl methyl sites for hydroxylation is 1. The molecule has 206 valence electrons. The van der Waals surface area contributed by atoms with E-state index in [0.29, 0.717) is 17.9 Å². The number of unbranched alkanes of at least 4 members (excludes halogenated alkanes) is 3. The normalized spacial score (nSPS) is 16.1. The summed E-state index contributed by atoms with van der Waals surface area (Å²) < 4.78 is 0. The second kappa shape index (κ2) is 16.3. The van der Waals surface area contributed by atoms with Crippen LogP contribution in [0.5, 0.6) is 0 Å². The molecule has 2 aromatic carbocycles. The first-order valence-electron chi connectivity index (χ1n) is 15.3. The van der Waals surface area contributed by atoms with Crippen LogP contribution in [0, 0.1) is 5.92 Å². The van der Waals surface area contributed by atoms with Gasteiger partial charge in [0, 0.05) is 6.04 Å². The molecule has 1 saturated heterocycles. The molecular weight excluding hydrogens is 450 g/mol. The lowest BCUT2D eigenvalue weighted by molar-refractivity contribution is 0.178. The minimum atomic E-state index is 0.472. The number of piperidine rings is 1. The Balaban J connectivity index is 1.43. The highest BCUT2D eigenvalue weighted by Crippen LogP contribution is 2.25. The van der Waals surface area contributed by atoms with Crippen molar-refractivity contribution >= 4 is 0 Å². The molecule has 3 N–H and O–H groups in total. The predicted octanol–water partition coefficient (Wildman–Crippen LogP) is 7.82. The topological polar surface area (TPSA) is 41.3 Å². The van der Waals surface area contributed by atoms with Crippen LogP contribution in [-0.2, 0) is 6.42 Å². The van der Waals surface area contributed by atoms with Crippen molar-refractivity contribution in [2.45, 2.75) is 103 Å². The van der Waals surface area contributed by atoms with E-state index in [1.807, 2.05) is 0 Å². The molecule has 2 aromatic rings. The van der Waals surface area contributed by atoms with Gasteiger partial charge in [-0.15, -0.1) is 0 Å². The van der Waals surface area contributed by atoms with E-state index >= 15 is 0 Å². The van der Waals surface area contributed by atoms with Gasteiger partial charge in [0.25, 0.3) is 0 Å². The number of nitrogens with zero attached hydrogens (tertiary/aromatic N) is 1. The third-order valence-corrected chi connectivity index (χ3v) is 8.40. The molecule has 3 nitrogen and oxygen atoms in total. The zero-order valence-electron chi connectivity index (χ0n) is 24.4. The monoisotopic (exact) mass is 505 g/mol. The van der Waals surface area contributed by atoms with Gasteiger partial charge in [0.15, 0.2) is 0 Å². The molecule has 1 fully saturated rings. The molecule has 0 spiro atoms. The number of hydrogen-bond donors (Lipinski definition) is 2. The summed E-state index contributed by atoms with van der Waals surface area (Å²) in [7, 11) is 0. The van der Waals surface area contributed by atoms with Gasteiger partial charge in [-0.25, -0.2) is 0 Å². The van der Waals surface area contributed by atoms with Gasteiger partial charge in [0.1, 0.15) is 0 Å². The van der Waals surface area contributed by atoms with E-state index in [1.54, 1.807) is 0 Å². The SMILES string of the molecule is CC(C)c1ccc(CCCCCCC(NCC2CCN(CCCN)CC2)c2ccc(C(C)C)cc2)cc1. The first-order chi connectivity index (χ1) is 18.0. The molecule has 3 rings (SSSR count). The van der Waals surface area contributed by atoms with Gasteiger partial charge in [-0.1, -0.05) is 95.5 Å². The van der Waals surface area contributed by atoms with Gasteiger partial charge in [0.2, 0.25) is 0 Å². The second-order valence-electron chi connectivity index (χ2n) is 12.1. The van der Waals surface area contributed by atoms with Gasteiger partial charge in [0.05, 0.1) is 0 Å².